The fourth-order valence-electron chi connectivity index (χ4n) is 1.35. The van der Waals surface area contributed by atoms with Crippen molar-refractivity contribution < 1.29 is 9.18 Å². The van der Waals surface area contributed by atoms with E-state index >= 15 is 0 Å². The van der Waals surface area contributed by atoms with Crippen molar-refractivity contribution in [2.24, 2.45) is 5.73 Å². The van der Waals surface area contributed by atoms with Crippen LogP contribution >= 0.6 is 0 Å². The minimum absolute atomic E-state index is 0.113. The number of rotatable bonds is 4. The molecule has 0 aliphatic rings. The zero-order valence-electron chi connectivity index (χ0n) is 9.43. The second-order valence-electron chi connectivity index (χ2n) is 3.65. The molecule has 3 N–H and O–H groups in total. The first-order valence-electron chi connectivity index (χ1n) is 5.27. The summed E-state index contributed by atoms with van der Waals surface area (Å²) in [7, 11) is 0. The molecule has 0 saturated carbocycles. The maximum absolute atomic E-state index is 12.7. The predicted octanol–water partition coefficient (Wildman–Crippen LogP) is 1.33. The second kappa shape index (κ2) is 5.22. The van der Waals surface area contributed by atoms with Gasteiger partial charge in [-0.1, -0.05) is 12.1 Å². The van der Waals surface area contributed by atoms with E-state index in [1.807, 2.05) is 0 Å². The number of aromatic nitrogens is 2. The highest BCUT2D eigenvalue weighted by Crippen LogP contribution is 2.07. The number of carbonyl (C=O) groups is 1. The van der Waals surface area contributed by atoms with Crippen LogP contribution in [0, 0.1) is 5.82 Å². The first kappa shape index (κ1) is 12.0. The van der Waals surface area contributed by atoms with Crippen molar-refractivity contribution in [3.8, 4) is 0 Å². The number of nitrogens with one attached hydrogen (secondary N) is 1. The Labute approximate surface area is 103 Å². The lowest BCUT2D eigenvalue weighted by molar-refractivity contribution is 0.0994. The number of anilines is 1. The molecule has 1 aromatic heterocycles. The molecule has 2 aromatic rings. The minimum Gasteiger partial charge on any atom is -0.365 e. The van der Waals surface area contributed by atoms with Crippen LogP contribution < -0.4 is 11.1 Å². The first-order valence-corrected chi connectivity index (χ1v) is 5.27. The number of benzene rings is 1. The van der Waals surface area contributed by atoms with E-state index in [1.54, 1.807) is 18.2 Å². The van der Waals surface area contributed by atoms with Gasteiger partial charge in [-0.2, -0.15) is 0 Å². The van der Waals surface area contributed by atoms with E-state index in [2.05, 4.69) is 15.5 Å². The summed E-state index contributed by atoms with van der Waals surface area (Å²) < 4.78 is 12.7. The molecule has 1 heterocycles. The number of primary amides is 1. The third kappa shape index (κ3) is 3.00. The highest BCUT2D eigenvalue weighted by atomic mass is 19.1. The molecule has 0 fully saturated rings. The van der Waals surface area contributed by atoms with Gasteiger partial charge in [-0.25, -0.2) is 4.39 Å². The number of nitrogens with zero attached hydrogens (tertiary/aromatic N) is 2. The standard InChI is InChI=1S/C12H11FN4O/c13-9-3-1-8(2-4-9)7-15-11-6-5-10(12(14)18)16-17-11/h1-6H,7H2,(H2,14,18)(H,15,17). The van der Waals surface area contributed by atoms with Crippen molar-refractivity contribution in [3.05, 3.63) is 53.5 Å². The zero-order chi connectivity index (χ0) is 13.0. The van der Waals surface area contributed by atoms with Crippen LogP contribution in [0.25, 0.3) is 0 Å². The molecule has 2 rings (SSSR count). The van der Waals surface area contributed by atoms with Crippen LogP contribution in [0.1, 0.15) is 16.1 Å². The Morgan fingerprint density at radius 1 is 1.17 bits per heavy atom. The molecular weight excluding hydrogens is 235 g/mol. The molecule has 18 heavy (non-hydrogen) atoms. The van der Waals surface area contributed by atoms with Crippen molar-refractivity contribution in [1.82, 2.24) is 10.2 Å². The molecule has 6 heteroatoms. The summed E-state index contributed by atoms with van der Waals surface area (Å²) in [6, 6.07) is 9.22. The Balaban J connectivity index is 1.97. The van der Waals surface area contributed by atoms with Gasteiger partial charge in [0.1, 0.15) is 11.6 Å². The molecule has 0 aliphatic carbocycles. The second-order valence-corrected chi connectivity index (χ2v) is 3.65. The molecule has 0 saturated heterocycles. The summed E-state index contributed by atoms with van der Waals surface area (Å²) in [6.07, 6.45) is 0. The first-order chi connectivity index (χ1) is 8.65. The van der Waals surface area contributed by atoms with Crippen LogP contribution in [0.4, 0.5) is 10.2 Å². The Bertz CT molecular complexity index is 539. The Hall–Kier alpha value is -2.50. The lowest BCUT2D eigenvalue weighted by Gasteiger charge is -2.05. The van der Waals surface area contributed by atoms with Crippen molar-refractivity contribution in [2.75, 3.05) is 5.32 Å². The van der Waals surface area contributed by atoms with Crippen LogP contribution in [0.5, 0.6) is 0 Å². The molecule has 5 nitrogen and oxygen atoms in total. The van der Waals surface area contributed by atoms with E-state index in [9.17, 15) is 9.18 Å². The highest BCUT2D eigenvalue weighted by molar-refractivity contribution is 5.90. The number of nitrogens with two attached hydrogens (primary N) is 1. The molecule has 0 spiro atoms. The maximum atomic E-state index is 12.7. The lowest BCUT2D eigenvalue weighted by atomic mass is 10.2. The summed E-state index contributed by atoms with van der Waals surface area (Å²) in [5.74, 6) is -0.374. The third-order valence-corrected chi connectivity index (χ3v) is 2.30. The van der Waals surface area contributed by atoms with Gasteiger partial charge >= 0.3 is 0 Å². The van der Waals surface area contributed by atoms with E-state index < -0.39 is 5.91 Å². The largest absolute Gasteiger partial charge is 0.365 e. The van der Waals surface area contributed by atoms with Crippen molar-refractivity contribution in [1.29, 1.82) is 0 Å². The van der Waals surface area contributed by atoms with Gasteiger partial charge in [0.25, 0.3) is 5.91 Å². The molecule has 0 bridgehead atoms. The smallest absolute Gasteiger partial charge is 0.269 e. The van der Waals surface area contributed by atoms with E-state index in [0.717, 1.165) is 5.56 Å². The highest BCUT2D eigenvalue weighted by Gasteiger charge is 2.02. The number of halogens is 1. The van der Waals surface area contributed by atoms with Gasteiger partial charge in [0, 0.05) is 6.54 Å². The number of hydrogen-bond donors (Lipinski definition) is 2. The quantitative estimate of drug-likeness (QED) is 0.852. The summed E-state index contributed by atoms with van der Waals surface area (Å²) in [5.41, 5.74) is 6.07. The monoisotopic (exact) mass is 246 g/mol. The summed E-state index contributed by atoms with van der Waals surface area (Å²) in [4.78, 5) is 10.8. The Morgan fingerprint density at radius 2 is 1.89 bits per heavy atom. The number of carbonyl (C=O) groups excluding carboxylic acids is 1. The van der Waals surface area contributed by atoms with Gasteiger partial charge in [0.15, 0.2) is 5.69 Å². The van der Waals surface area contributed by atoms with Crippen molar-refractivity contribution >= 4 is 11.7 Å². The molecule has 0 radical (unpaired) electrons. The summed E-state index contributed by atoms with van der Waals surface area (Å²) in [6.45, 7) is 0.491. The van der Waals surface area contributed by atoms with Crippen LogP contribution in [0.15, 0.2) is 36.4 Å². The molecule has 92 valence electrons. The van der Waals surface area contributed by atoms with Crippen LogP contribution in [-0.2, 0) is 6.54 Å². The van der Waals surface area contributed by atoms with E-state index in [1.165, 1.54) is 18.2 Å². The van der Waals surface area contributed by atoms with Crippen LogP contribution in [-0.4, -0.2) is 16.1 Å². The summed E-state index contributed by atoms with van der Waals surface area (Å²) in [5, 5.41) is 10.5. The number of hydrogen-bond acceptors (Lipinski definition) is 4. The van der Waals surface area contributed by atoms with E-state index in [-0.39, 0.29) is 11.5 Å². The molecule has 0 unspecified atom stereocenters. The van der Waals surface area contributed by atoms with E-state index in [0.29, 0.717) is 12.4 Å². The topological polar surface area (TPSA) is 80.9 Å². The Kier molecular flexibility index (Phi) is 3.47. The SMILES string of the molecule is NC(=O)c1ccc(NCc2ccc(F)cc2)nn1. The fourth-order valence-corrected chi connectivity index (χ4v) is 1.35. The van der Waals surface area contributed by atoms with Gasteiger partial charge < -0.3 is 11.1 Å². The molecule has 1 amide bonds. The molecular formula is C12H11FN4O. The zero-order valence-corrected chi connectivity index (χ0v) is 9.43. The van der Waals surface area contributed by atoms with Crippen LogP contribution in [0.2, 0.25) is 0 Å². The van der Waals surface area contributed by atoms with Gasteiger partial charge in [-0.05, 0) is 29.8 Å². The van der Waals surface area contributed by atoms with E-state index in [4.69, 9.17) is 5.73 Å². The number of amides is 1. The van der Waals surface area contributed by atoms with Crippen molar-refractivity contribution in [3.63, 3.8) is 0 Å². The molecule has 1 aromatic carbocycles. The third-order valence-electron chi connectivity index (χ3n) is 2.30. The van der Waals surface area contributed by atoms with Gasteiger partial charge in [0.2, 0.25) is 0 Å². The molecule has 0 aliphatic heterocycles. The van der Waals surface area contributed by atoms with Crippen LogP contribution in [0.3, 0.4) is 0 Å². The maximum Gasteiger partial charge on any atom is 0.269 e. The predicted molar refractivity (Wildman–Crippen MR) is 64.3 cm³/mol. The average Bonchev–Trinajstić information content (AvgIpc) is 2.38. The fraction of sp³-hybridized carbons (Fsp3) is 0.0833. The van der Waals surface area contributed by atoms with Gasteiger partial charge in [-0.15, -0.1) is 10.2 Å². The summed E-state index contributed by atoms with van der Waals surface area (Å²) >= 11 is 0. The van der Waals surface area contributed by atoms with Gasteiger partial charge in [-0.3, -0.25) is 4.79 Å². The van der Waals surface area contributed by atoms with Crippen molar-refractivity contribution in [2.45, 2.75) is 6.54 Å². The van der Waals surface area contributed by atoms with Gasteiger partial charge in [0.05, 0.1) is 0 Å². The minimum atomic E-state index is -0.618. The normalized spacial score (nSPS) is 10.1. The lowest BCUT2D eigenvalue weighted by Crippen LogP contribution is -2.14. The average molecular weight is 246 g/mol. The Morgan fingerprint density at radius 3 is 2.44 bits per heavy atom. The molecule has 0 atom stereocenters.